The Morgan fingerprint density at radius 1 is 1.30 bits per heavy atom. The summed E-state index contributed by atoms with van der Waals surface area (Å²) < 4.78 is 12.0. The number of nitrogens with zero attached hydrogens (tertiary/aromatic N) is 1. The minimum absolute atomic E-state index is 0.103. The van der Waals surface area contributed by atoms with E-state index in [-0.39, 0.29) is 6.04 Å². The molecule has 5 heteroatoms. The van der Waals surface area contributed by atoms with Gasteiger partial charge >= 0.3 is 0 Å². The van der Waals surface area contributed by atoms with Gasteiger partial charge in [0.1, 0.15) is 18.1 Å². The number of pyridine rings is 1. The second kappa shape index (κ2) is 6.72. The van der Waals surface area contributed by atoms with Crippen molar-refractivity contribution in [3.05, 3.63) is 52.3 Å². The van der Waals surface area contributed by atoms with E-state index in [1.165, 1.54) is 0 Å². The molecule has 1 heterocycles. The Hall–Kier alpha value is -1.59. The first-order valence-corrected chi connectivity index (χ1v) is 7.06. The summed E-state index contributed by atoms with van der Waals surface area (Å²) in [5, 5.41) is 0. The number of methoxy groups -OCH3 is 1. The van der Waals surface area contributed by atoms with Crippen molar-refractivity contribution in [2.75, 3.05) is 7.11 Å². The van der Waals surface area contributed by atoms with Gasteiger partial charge in [-0.15, -0.1) is 0 Å². The summed E-state index contributed by atoms with van der Waals surface area (Å²) in [6, 6.07) is 9.39. The Balaban J connectivity index is 2.16. The zero-order valence-electron chi connectivity index (χ0n) is 11.5. The van der Waals surface area contributed by atoms with Crippen LogP contribution in [-0.2, 0) is 6.61 Å². The fourth-order valence-corrected chi connectivity index (χ4v) is 2.02. The maximum absolute atomic E-state index is 5.95. The first-order valence-electron chi connectivity index (χ1n) is 6.27. The minimum atomic E-state index is -0.103. The lowest BCUT2D eigenvalue weighted by Crippen LogP contribution is -2.08. The van der Waals surface area contributed by atoms with Crippen LogP contribution in [0, 0.1) is 0 Å². The maximum Gasteiger partial charge on any atom is 0.130 e. The van der Waals surface area contributed by atoms with Crippen LogP contribution in [0.25, 0.3) is 0 Å². The van der Waals surface area contributed by atoms with Gasteiger partial charge in [-0.3, -0.25) is 4.98 Å². The smallest absolute Gasteiger partial charge is 0.130 e. The third-order valence-corrected chi connectivity index (χ3v) is 3.34. The van der Waals surface area contributed by atoms with Gasteiger partial charge in [-0.2, -0.15) is 0 Å². The Kier molecular flexibility index (Phi) is 4.98. The molecule has 106 valence electrons. The second-order valence-electron chi connectivity index (χ2n) is 4.45. The molecular formula is C15H17BrN2O2. The molecule has 0 radical (unpaired) electrons. The van der Waals surface area contributed by atoms with Gasteiger partial charge in [-0.05, 0) is 41.1 Å². The molecule has 0 amide bonds. The highest BCUT2D eigenvalue weighted by molar-refractivity contribution is 9.10. The molecule has 0 aliphatic rings. The molecule has 1 aromatic heterocycles. The number of hydrogen-bond acceptors (Lipinski definition) is 4. The number of ether oxygens (including phenoxy) is 2. The summed E-state index contributed by atoms with van der Waals surface area (Å²) in [7, 11) is 1.63. The second-order valence-corrected chi connectivity index (χ2v) is 5.36. The number of halogens is 1. The summed E-state index contributed by atoms with van der Waals surface area (Å²) in [5.41, 5.74) is 7.75. The van der Waals surface area contributed by atoms with Crippen molar-refractivity contribution in [2.45, 2.75) is 19.6 Å². The average molecular weight is 337 g/mol. The summed E-state index contributed by atoms with van der Waals surface area (Å²) >= 11 is 3.35. The van der Waals surface area contributed by atoms with Gasteiger partial charge in [0, 0.05) is 28.3 Å². The van der Waals surface area contributed by atoms with Gasteiger partial charge in [0.05, 0.1) is 12.8 Å². The van der Waals surface area contributed by atoms with Crippen LogP contribution < -0.4 is 15.2 Å². The van der Waals surface area contributed by atoms with Crippen LogP contribution >= 0.6 is 15.9 Å². The normalized spacial score (nSPS) is 12.0. The van der Waals surface area contributed by atoms with Crippen LogP contribution in [0.5, 0.6) is 11.5 Å². The molecular weight excluding hydrogens is 320 g/mol. The number of nitrogens with two attached hydrogens (primary N) is 1. The largest absolute Gasteiger partial charge is 0.497 e. The highest BCUT2D eigenvalue weighted by atomic mass is 79.9. The van der Waals surface area contributed by atoms with Crippen LogP contribution in [0.1, 0.15) is 24.2 Å². The summed E-state index contributed by atoms with van der Waals surface area (Å²) in [6.45, 7) is 2.31. The van der Waals surface area contributed by atoms with Crippen molar-refractivity contribution in [3.63, 3.8) is 0 Å². The van der Waals surface area contributed by atoms with Crippen molar-refractivity contribution in [1.82, 2.24) is 4.98 Å². The molecule has 20 heavy (non-hydrogen) atoms. The first-order chi connectivity index (χ1) is 9.60. The molecule has 2 rings (SSSR count). The molecule has 0 saturated heterocycles. The lowest BCUT2D eigenvalue weighted by atomic mass is 10.1. The number of benzene rings is 1. The van der Waals surface area contributed by atoms with Crippen molar-refractivity contribution in [3.8, 4) is 11.5 Å². The molecule has 0 bridgehead atoms. The van der Waals surface area contributed by atoms with Crippen LogP contribution in [0.3, 0.4) is 0 Å². The zero-order chi connectivity index (χ0) is 14.5. The van der Waals surface area contributed by atoms with E-state index in [4.69, 9.17) is 15.2 Å². The van der Waals surface area contributed by atoms with E-state index in [0.717, 1.165) is 27.2 Å². The van der Waals surface area contributed by atoms with Crippen LogP contribution in [0.4, 0.5) is 0 Å². The highest BCUT2D eigenvalue weighted by Gasteiger charge is 2.10. The molecule has 0 aliphatic carbocycles. The monoisotopic (exact) mass is 336 g/mol. The minimum Gasteiger partial charge on any atom is -0.497 e. The van der Waals surface area contributed by atoms with E-state index >= 15 is 0 Å². The Morgan fingerprint density at radius 2 is 2.10 bits per heavy atom. The number of aromatic nitrogens is 1. The van der Waals surface area contributed by atoms with E-state index in [1.807, 2.05) is 37.3 Å². The van der Waals surface area contributed by atoms with E-state index < -0.39 is 0 Å². The fourth-order valence-electron chi connectivity index (χ4n) is 1.79. The van der Waals surface area contributed by atoms with Gasteiger partial charge in [0.25, 0.3) is 0 Å². The van der Waals surface area contributed by atoms with Crippen molar-refractivity contribution in [2.24, 2.45) is 5.73 Å². The van der Waals surface area contributed by atoms with Crippen molar-refractivity contribution < 1.29 is 9.47 Å². The van der Waals surface area contributed by atoms with E-state index in [1.54, 1.807) is 13.3 Å². The van der Waals surface area contributed by atoms with Crippen LogP contribution in [0.2, 0.25) is 0 Å². The predicted octanol–water partition coefficient (Wildman–Crippen LogP) is 3.45. The molecule has 4 nitrogen and oxygen atoms in total. The summed E-state index contributed by atoms with van der Waals surface area (Å²) in [4.78, 5) is 4.28. The Labute approximate surface area is 127 Å². The number of rotatable bonds is 5. The van der Waals surface area contributed by atoms with Gasteiger partial charge < -0.3 is 15.2 Å². The van der Waals surface area contributed by atoms with Gasteiger partial charge in [0.2, 0.25) is 0 Å². The summed E-state index contributed by atoms with van der Waals surface area (Å²) in [6.07, 6.45) is 1.75. The zero-order valence-corrected chi connectivity index (χ0v) is 13.1. The standard InChI is InChI=1S/C15H17BrN2O2/c1-10(17)14-6-5-13(19-2)7-15(14)20-9-12-4-3-11(16)8-18-12/h3-8,10H,9,17H2,1-2H3. The first kappa shape index (κ1) is 14.8. The third kappa shape index (κ3) is 3.71. The van der Waals surface area contributed by atoms with E-state index in [2.05, 4.69) is 20.9 Å². The molecule has 2 N–H and O–H groups in total. The number of hydrogen-bond donors (Lipinski definition) is 1. The lowest BCUT2D eigenvalue weighted by molar-refractivity contribution is 0.294. The molecule has 0 fully saturated rings. The molecule has 2 aromatic rings. The van der Waals surface area contributed by atoms with Gasteiger partial charge in [-0.25, -0.2) is 0 Å². The SMILES string of the molecule is COc1ccc(C(C)N)c(OCc2ccc(Br)cn2)c1. The predicted molar refractivity (Wildman–Crippen MR) is 81.9 cm³/mol. The Bertz CT molecular complexity index is 571. The van der Waals surface area contributed by atoms with Crippen molar-refractivity contribution in [1.29, 1.82) is 0 Å². The average Bonchev–Trinajstić information content (AvgIpc) is 2.46. The van der Waals surface area contributed by atoms with Crippen molar-refractivity contribution >= 4 is 15.9 Å². The molecule has 1 atom stereocenters. The van der Waals surface area contributed by atoms with E-state index in [0.29, 0.717) is 6.61 Å². The molecule has 0 aliphatic heterocycles. The topological polar surface area (TPSA) is 57.4 Å². The molecule has 1 aromatic carbocycles. The van der Waals surface area contributed by atoms with Gasteiger partial charge in [-0.1, -0.05) is 6.07 Å². The van der Waals surface area contributed by atoms with E-state index in [9.17, 15) is 0 Å². The third-order valence-electron chi connectivity index (χ3n) is 2.88. The fraction of sp³-hybridized carbons (Fsp3) is 0.267. The summed E-state index contributed by atoms with van der Waals surface area (Å²) in [5.74, 6) is 1.47. The van der Waals surface area contributed by atoms with Crippen LogP contribution in [-0.4, -0.2) is 12.1 Å². The Morgan fingerprint density at radius 3 is 2.70 bits per heavy atom. The molecule has 0 spiro atoms. The van der Waals surface area contributed by atoms with Gasteiger partial charge in [0.15, 0.2) is 0 Å². The lowest BCUT2D eigenvalue weighted by Gasteiger charge is -2.15. The maximum atomic E-state index is 5.95. The van der Waals surface area contributed by atoms with Crippen LogP contribution in [0.15, 0.2) is 41.0 Å². The molecule has 1 unspecified atom stereocenters. The quantitative estimate of drug-likeness (QED) is 0.908. The molecule has 0 saturated carbocycles. The highest BCUT2D eigenvalue weighted by Crippen LogP contribution is 2.29.